The number of aromatic amines is 4. The topological polar surface area (TPSA) is 182 Å². The lowest BCUT2D eigenvalue weighted by molar-refractivity contribution is 0.0722. The SMILES string of the molecule is Nc1ncc([C@H]2[C@H](CNCc3cc(Br)c[nH]3)[C@@H](CNC(=O)c3cc(Br)c[nH]3)[C@@H]2c2cnc(N)[nH]2)[nH]1. The fourth-order valence-electron chi connectivity index (χ4n) is 5.06. The number of halogens is 2. The Morgan fingerprint density at radius 1 is 0.914 bits per heavy atom. The predicted octanol–water partition coefficient (Wildman–Crippen LogP) is 2.81. The van der Waals surface area contributed by atoms with E-state index in [0.29, 0.717) is 30.7 Å². The molecule has 1 aliphatic rings. The minimum atomic E-state index is -0.157. The van der Waals surface area contributed by atoms with Crippen LogP contribution in [0.5, 0.6) is 0 Å². The molecular weight excluding hydrogens is 580 g/mol. The monoisotopic (exact) mass is 604 g/mol. The summed E-state index contributed by atoms with van der Waals surface area (Å²) in [5.74, 6) is 1.02. The molecular formula is C22H26Br2N10O. The highest BCUT2D eigenvalue weighted by Crippen LogP contribution is 2.56. The van der Waals surface area contributed by atoms with Crippen molar-refractivity contribution in [3.63, 3.8) is 0 Å². The average Bonchev–Trinajstić information content (AvgIpc) is 3.60. The number of aromatic nitrogens is 6. The van der Waals surface area contributed by atoms with Gasteiger partial charge in [0.05, 0.1) is 12.4 Å². The molecule has 184 valence electrons. The highest BCUT2D eigenvalue weighted by Gasteiger charge is 2.52. The summed E-state index contributed by atoms with van der Waals surface area (Å²) in [7, 11) is 0. The van der Waals surface area contributed by atoms with Gasteiger partial charge in [-0.2, -0.15) is 0 Å². The first-order valence-corrected chi connectivity index (χ1v) is 12.7. The molecule has 0 spiro atoms. The van der Waals surface area contributed by atoms with Crippen LogP contribution in [-0.4, -0.2) is 48.9 Å². The molecule has 4 aromatic rings. The number of nitrogens with one attached hydrogen (secondary N) is 6. The third kappa shape index (κ3) is 5.02. The van der Waals surface area contributed by atoms with Crippen LogP contribution in [0.1, 0.15) is 39.4 Å². The van der Waals surface area contributed by atoms with Gasteiger partial charge in [0.1, 0.15) is 5.69 Å². The molecule has 4 atom stereocenters. The summed E-state index contributed by atoms with van der Waals surface area (Å²) in [5, 5.41) is 6.65. The second-order valence-corrected chi connectivity index (χ2v) is 10.6. The molecule has 5 rings (SSSR count). The molecule has 1 aliphatic carbocycles. The molecule has 0 bridgehead atoms. The summed E-state index contributed by atoms with van der Waals surface area (Å²) in [5.41, 5.74) is 15.3. The standard InChI is InChI=1S/C22H26Br2N10O/c23-10-1-12(28-3-10)5-27-6-13-14(7-30-20(35)15-2-11(24)4-29-15)19(17-9-32-22(26)34-17)18(13)16-8-31-21(25)33-16/h1-4,8-9,13-14,18-19,27-29H,5-7H2,(H,30,35)(H3,25,31,33)(H3,26,32,34)/t13-,14-,18-,19-/m1/s1. The molecule has 13 heteroatoms. The molecule has 0 saturated heterocycles. The Balaban J connectivity index is 1.37. The number of imidazole rings is 2. The zero-order valence-electron chi connectivity index (χ0n) is 18.6. The van der Waals surface area contributed by atoms with E-state index in [4.69, 9.17) is 11.5 Å². The van der Waals surface area contributed by atoms with Gasteiger partial charge in [0.15, 0.2) is 11.9 Å². The van der Waals surface area contributed by atoms with Crippen molar-refractivity contribution < 1.29 is 4.79 Å². The number of hydrogen-bond acceptors (Lipinski definition) is 6. The maximum Gasteiger partial charge on any atom is 0.267 e. The highest BCUT2D eigenvalue weighted by molar-refractivity contribution is 9.10. The predicted molar refractivity (Wildman–Crippen MR) is 139 cm³/mol. The van der Waals surface area contributed by atoms with Crippen LogP contribution in [0.25, 0.3) is 0 Å². The van der Waals surface area contributed by atoms with Crippen LogP contribution in [0, 0.1) is 11.8 Å². The molecule has 10 N–H and O–H groups in total. The van der Waals surface area contributed by atoms with E-state index in [1.165, 1.54) is 0 Å². The van der Waals surface area contributed by atoms with Crippen LogP contribution in [0.3, 0.4) is 0 Å². The van der Waals surface area contributed by atoms with Crippen molar-refractivity contribution in [2.45, 2.75) is 18.4 Å². The lowest BCUT2D eigenvalue weighted by atomic mass is 9.54. The smallest absolute Gasteiger partial charge is 0.267 e. The van der Waals surface area contributed by atoms with Gasteiger partial charge in [-0.05, 0) is 62.4 Å². The number of nitrogen functional groups attached to an aromatic ring is 2. The summed E-state index contributed by atoms with van der Waals surface area (Å²) in [6.45, 7) is 1.91. The van der Waals surface area contributed by atoms with Gasteiger partial charge in [-0.25, -0.2) is 9.97 Å². The number of anilines is 2. The zero-order valence-corrected chi connectivity index (χ0v) is 21.8. The Morgan fingerprint density at radius 2 is 1.51 bits per heavy atom. The van der Waals surface area contributed by atoms with Gasteiger partial charge in [0.2, 0.25) is 0 Å². The van der Waals surface area contributed by atoms with Crippen LogP contribution in [-0.2, 0) is 6.54 Å². The molecule has 1 amide bonds. The molecule has 0 unspecified atom stereocenters. The van der Waals surface area contributed by atoms with Crippen LogP contribution in [0.2, 0.25) is 0 Å². The van der Waals surface area contributed by atoms with Crippen LogP contribution >= 0.6 is 31.9 Å². The van der Waals surface area contributed by atoms with Gasteiger partial charge in [0, 0.05) is 63.3 Å². The molecule has 11 nitrogen and oxygen atoms in total. The Kier molecular flexibility index (Phi) is 6.71. The number of carbonyl (C=O) groups is 1. The Hall–Kier alpha value is -3.03. The minimum absolute atomic E-state index is 0.0433. The van der Waals surface area contributed by atoms with E-state index in [1.807, 2.05) is 12.3 Å². The van der Waals surface area contributed by atoms with E-state index in [-0.39, 0.29) is 29.6 Å². The number of amides is 1. The lowest BCUT2D eigenvalue weighted by Crippen LogP contribution is -2.52. The molecule has 4 heterocycles. The average molecular weight is 606 g/mol. The van der Waals surface area contributed by atoms with E-state index in [2.05, 4.69) is 72.4 Å². The van der Waals surface area contributed by atoms with Crippen molar-refractivity contribution in [1.29, 1.82) is 0 Å². The molecule has 4 aromatic heterocycles. The summed E-state index contributed by atoms with van der Waals surface area (Å²) in [6, 6.07) is 3.80. The fourth-order valence-corrected chi connectivity index (χ4v) is 5.79. The molecule has 1 fully saturated rings. The van der Waals surface area contributed by atoms with Gasteiger partial charge in [-0.3, -0.25) is 4.79 Å². The number of rotatable bonds is 9. The molecule has 0 aliphatic heterocycles. The van der Waals surface area contributed by atoms with Gasteiger partial charge < -0.3 is 42.0 Å². The summed E-state index contributed by atoms with van der Waals surface area (Å²) < 4.78 is 1.84. The Morgan fingerprint density at radius 3 is 2.03 bits per heavy atom. The van der Waals surface area contributed by atoms with Crippen molar-refractivity contribution in [3.8, 4) is 0 Å². The van der Waals surface area contributed by atoms with E-state index in [0.717, 1.165) is 32.6 Å². The van der Waals surface area contributed by atoms with Crippen molar-refractivity contribution in [2.24, 2.45) is 11.8 Å². The number of carbonyl (C=O) groups excluding carboxylic acids is 1. The molecule has 1 saturated carbocycles. The first kappa shape index (κ1) is 23.7. The minimum Gasteiger partial charge on any atom is -0.369 e. The second-order valence-electron chi connectivity index (χ2n) is 8.74. The first-order chi connectivity index (χ1) is 16.9. The third-order valence-electron chi connectivity index (χ3n) is 6.60. The number of hydrogen-bond donors (Lipinski definition) is 8. The summed E-state index contributed by atoms with van der Waals surface area (Å²) in [6.07, 6.45) is 7.20. The van der Waals surface area contributed by atoms with Gasteiger partial charge >= 0.3 is 0 Å². The number of H-pyrrole nitrogens is 4. The largest absolute Gasteiger partial charge is 0.369 e. The van der Waals surface area contributed by atoms with Crippen LogP contribution in [0.15, 0.2) is 45.9 Å². The van der Waals surface area contributed by atoms with Crippen molar-refractivity contribution in [1.82, 2.24) is 40.5 Å². The zero-order chi connectivity index (χ0) is 24.5. The first-order valence-electron chi connectivity index (χ1n) is 11.2. The van der Waals surface area contributed by atoms with Crippen molar-refractivity contribution >= 4 is 49.7 Å². The van der Waals surface area contributed by atoms with E-state index in [1.54, 1.807) is 24.7 Å². The Bertz CT molecular complexity index is 1310. The van der Waals surface area contributed by atoms with E-state index >= 15 is 0 Å². The van der Waals surface area contributed by atoms with E-state index < -0.39 is 0 Å². The van der Waals surface area contributed by atoms with Gasteiger partial charge in [-0.1, -0.05) is 0 Å². The summed E-state index contributed by atoms with van der Waals surface area (Å²) >= 11 is 6.85. The van der Waals surface area contributed by atoms with Crippen LogP contribution in [0.4, 0.5) is 11.9 Å². The van der Waals surface area contributed by atoms with E-state index in [9.17, 15) is 4.79 Å². The Labute approximate surface area is 217 Å². The maximum atomic E-state index is 12.8. The highest BCUT2D eigenvalue weighted by atomic mass is 79.9. The summed E-state index contributed by atoms with van der Waals surface area (Å²) in [4.78, 5) is 33.8. The number of nitrogens with zero attached hydrogens (tertiary/aromatic N) is 2. The second kappa shape index (κ2) is 9.91. The number of nitrogens with two attached hydrogens (primary N) is 2. The van der Waals surface area contributed by atoms with Crippen molar-refractivity contribution in [2.75, 3.05) is 24.6 Å². The quantitative estimate of drug-likeness (QED) is 0.145. The normalized spacial score (nSPS) is 21.7. The van der Waals surface area contributed by atoms with Crippen molar-refractivity contribution in [3.05, 3.63) is 68.6 Å². The molecule has 0 radical (unpaired) electrons. The van der Waals surface area contributed by atoms with Crippen LogP contribution < -0.4 is 22.1 Å². The fraction of sp³-hybridized carbons (Fsp3) is 0.318. The lowest BCUT2D eigenvalue weighted by Gasteiger charge is -2.51. The molecule has 35 heavy (non-hydrogen) atoms. The van der Waals surface area contributed by atoms with Gasteiger partial charge in [-0.15, -0.1) is 0 Å². The van der Waals surface area contributed by atoms with Gasteiger partial charge in [0.25, 0.3) is 5.91 Å². The third-order valence-corrected chi connectivity index (χ3v) is 7.52. The maximum absolute atomic E-state index is 12.8. The molecule has 0 aromatic carbocycles.